The number of nitrogens with one attached hydrogen (secondary N) is 2. The number of ether oxygens (including phenoxy) is 1. The van der Waals surface area contributed by atoms with Crippen molar-refractivity contribution in [3.8, 4) is 5.75 Å². The molecule has 0 radical (unpaired) electrons. The van der Waals surface area contributed by atoms with Crippen LogP contribution in [0, 0.1) is 0 Å². The van der Waals surface area contributed by atoms with Gasteiger partial charge in [0.25, 0.3) is 0 Å². The van der Waals surface area contributed by atoms with E-state index < -0.39 is 6.61 Å². The Kier molecular flexibility index (Phi) is 10.4. The number of guanidine groups is 1. The maximum atomic E-state index is 12.6. The van der Waals surface area contributed by atoms with E-state index in [1.165, 1.54) is 18.9 Å². The molecule has 1 aromatic carbocycles. The van der Waals surface area contributed by atoms with Gasteiger partial charge in [-0.05, 0) is 51.1 Å². The molecular weight excluding hydrogens is 505 g/mol. The average Bonchev–Trinajstić information content (AvgIpc) is 3.41. The zero-order valence-corrected chi connectivity index (χ0v) is 19.4. The predicted octanol–water partition coefficient (Wildman–Crippen LogP) is 4.39. The fourth-order valence-electron chi connectivity index (χ4n) is 3.49. The van der Waals surface area contributed by atoms with Crippen LogP contribution in [0.1, 0.15) is 37.1 Å². The van der Waals surface area contributed by atoms with Crippen molar-refractivity contribution in [3.05, 3.63) is 54.0 Å². The molecule has 0 saturated carbocycles. The van der Waals surface area contributed by atoms with E-state index >= 15 is 0 Å². The lowest BCUT2D eigenvalue weighted by molar-refractivity contribution is -0.0504. The van der Waals surface area contributed by atoms with Crippen molar-refractivity contribution in [1.82, 2.24) is 15.5 Å². The number of benzene rings is 1. The molecule has 1 aliphatic heterocycles. The molecule has 0 aliphatic carbocycles. The van der Waals surface area contributed by atoms with E-state index in [-0.39, 0.29) is 42.3 Å². The van der Waals surface area contributed by atoms with E-state index in [0.29, 0.717) is 24.6 Å². The van der Waals surface area contributed by atoms with Gasteiger partial charge >= 0.3 is 6.61 Å². The molecule has 6 nitrogen and oxygen atoms in total. The van der Waals surface area contributed by atoms with Gasteiger partial charge in [-0.15, -0.1) is 24.0 Å². The van der Waals surface area contributed by atoms with Gasteiger partial charge in [0.1, 0.15) is 11.5 Å². The number of nitrogens with zero attached hydrogens (tertiary/aromatic N) is 2. The van der Waals surface area contributed by atoms with E-state index in [9.17, 15) is 8.78 Å². The summed E-state index contributed by atoms with van der Waals surface area (Å²) in [7, 11) is 0. The lowest BCUT2D eigenvalue weighted by Gasteiger charge is -2.26. The lowest BCUT2D eigenvalue weighted by Crippen LogP contribution is -2.42. The number of likely N-dealkylation sites (tertiary alicyclic amines) is 1. The summed E-state index contributed by atoms with van der Waals surface area (Å²) in [5.41, 5.74) is 0.604. The van der Waals surface area contributed by atoms with Crippen molar-refractivity contribution in [3.63, 3.8) is 0 Å². The molecule has 1 atom stereocenters. The van der Waals surface area contributed by atoms with Crippen LogP contribution >= 0.6 is 24.0 Å². The highest BCUT2D eigenvalue weighted by atomic mass is 127. The second-order valence-electron chi connectivity index (χ2n) is 6.84. The molecule has 0 amide bonds. The normalized spacial score (nSPS) is 15.7. The maximum absolute atomic E-state index is 12.6. The molecule has 166 valence electrons. The predicted molar refractivity (Wildman–Crippen MR) is 124 cm³/mol. The maximum Gasteiger partial charge on any atom is 0.387 e. The zero-order chi connectivity index (χ0) is 20.5. The van der Waals surface area contributed by atoms with E-state index in [2.05, 4.69) is 25.3 Å². The van der Waals surface area contributed by atoms with Crippen LogP contribution in [0.5, 0.6) is 5.75 Å². The number of hydrogen-bond acceptors (Lipinski definition) is 4. The number of aliphatic imine (C=N–C) groups is 1. The molecule has 30 heavy (non-hydrogen) atoms. The first-order chi connectivity index (χ1) is 14.2. The molecule has 1 aliphatic rings. The van der Waals surface area contributed by atoms with Gasteiger partial charge in [-0.2, -0.15) is 8.78 Å². The van der Waals surface area contributed by atoms with E-state index in [1.54, 1.807) is 24.5 Å². The highest BCUT2D eigenvalue weighted by Crippen LogP contribution is 2.25. The monoisotopic (exact) mass is 534 g/mol. The number of hydrogen-bond donors (Lipinski definition) is 2. The van der Waals surface area contributed by atoms with Gasteiger partial charge in [0.2, 0.25) is 0 Å². The largest absolute Gasteiger partial charge is 0.468 e. The van der Waals surface area contributed by atoms with Crippen LogP contribution in [0.15, 0.2) is 52.1 Å². The molecule has 1 aromatic heterocycles. The Labute approximate surface area is 193 Å². The summed E-state index contributed by atoms with van der Waals surface area (Å²) in [4.78, 5) is 6.96. The van der Waals surface area contributed by atoms with Crippen LogP contribution in [0.2, 0.25) is 0 Å². The van der Waals surface area contributed by atoms with E-state index in [0.717, 1.165) is 18.8 Å². The minimum atomic E-state index is -2.86. The quantitative estimate of drug-likeness (QED) is 0.284. The highest BCUT2D eigenvalue weighted by Gasteiger charge is 2.25. The summed E-state index contributed by atoms with van der Waals surface area (Å²) in [5, 5.41) is 6.57. The minimum Gasteiger partial charge on any atom is -0.468 e. The first-order valence-corrected chi connectivity index (χ1v) is 9.99. The van der Waals surface area contributed by atoms with Gasteiger partial charge in [0.15, 0.2) is 5.96 Å². The Morgan fingerprint density at radius 3 is 2.60 bits per heavy atom. The Morgan fingerprint density at radius 1 is 1.17 bits per heavy atom. The molecule has 1 fully saturated rings. The molecule has 0 bridgehead atoms. The smallest absolute Gasteiger partial charge is 0.387 e. The lowest BCUT2D eigenvalue weighted by atomic mass is 10.2. The van der Waals surface area contributed by atoms with Crippen molar-refractivity contribution in [2.75, 3.05) is 26.2 Å². The molecule has 2 N–H and O–H groups in total. The Balaban J connectivity index is 0.00000320. The molecule has 9 heteroatoms. The standard InChI is InChI=1S/C21H28F2N4O2.HI/c1-2-24-21(25-14-16-8-3-4-9-18(16)29-20(22)23)26-15-17(19-10-7-13-28-19)27-11-5-6-12-27;/h3-4,7-10,13,17,20H,2,5-6,11-12,14-15H2,1H3,(H2,24,25,26);1H. The molecule has 2 heterocycles. The SMILES string of the molecule is CCNC(=NCc1ccccc1OC(F)F)NCC(c1ccco1)N1CCCC1.I. The Morgan fingerprint density at radius 2 is 1.93 bits per heavy atom. The second-order valence-corrected chi connectivity index (χ2v) is 6.84. The van der Waals surface area contributed by atoms with E-state index in [4.69, 9.17) is 4.42 Å². The van der Waals surface area contributed by atoms with Crippen molar-refractivity contribution in [1.29, 1.82) is 0 Å². The Bertz CT molecular complexity index is 768. The fraction of sp³-hybridized carbons (Fsp3) is 0.476. The molecule has 3 rings (SSSR count). The zero-order valence-electron chi connectivity index (χ0n) is 17.0. The topological polar surface area (TPSA) is 62.0 Å². The van der Waals surface area contributed by atoms with Crippen LogP contribution in [0.3, 0.4) is 0 Å². The summed E-state index contributed by atoms with van der Waals surface area (Å²) < 4.78 is 35.5. The van der Waals surface area contributed by atoms with Crippen molar-refractivity contribution < 1.29 is 17.9 Å². The van der Waals surface area contributed by atoms with Crippen molar-refractivity contribution in [2.45, 2.75) is 39.0 Å². The van der Waals surface area contributed by atoms with Crippen LogP contribution in [0.4, 0.5) is 8.78 Å². The van der Waals surface area contributed by atoms with Gasteiger partial charge < -0.3 is 19.8 Å². The molecule has 1 unspecified atom stereocenters. The summed E-state index contributed by atoms with van der Waals surface area (Å²) in [6.07, 6.45) is 4.07. The van der Waals surface area contributed by atoms with Crippen molar-refractivity contribution in [2.24, 2.45) is 4.99 Å². The van der Waals surface area contributed by atoms with Gasteiger partial charge in [0.05, 0.1) is 18.8 Å². The number of para-hydroxylation sites is 1. The molecular formula is C21H29F2IN4O2. The molecule has 2 aromatic rings. The number of halogens is 3. The van der Waals surface area contributed by atoms with Gasteiger partial charge in [-0.25, -0.2) is 4.99 Å². The van der Waals surface area contributed by atoms with Crippen LogP contribution in [0.25, 0.3) is 0 Å². The third-order valence-corrected chi connectivity index (χ3v) is 4.86. The summed E-state index contributed by atoms with van der Waals surface area (Å²) in [6.45, 7) is 2.76. The van der Waals surface area contributed by atoms with Gasteiger partial charge in [0, 0.05) is 18.7 Å². The average molecular weight is 534 g/mol. The summed E-state index contributed by atoms with van der Waals surface area (Å²) >= 11 is 0. The summed E-state index contributed by atoms with van der Waals surface area (Å²) in [6, 6.07) is 10.7. The first kappa shape index (κ1) is 24.4. The van der Waals surface area contributed by atoms with Crippen LogP contribution in [-0.2, 0) is 6.54 Å². The first-order valence-electron chi connectivity index (χ1n) is 9.99. The third-order valence-electron chi connectivity index (χ3n) is 4.86. The van der Waals surface area contributed by atoms with Crippen LogP contribution < -0.4 is 15.4 Å². The Hall–Kier alpha value is -1.88. The van der Waals surface area contributed by atoms with Crippen molar-refractivity contribution >= 4 is 29.9 Å². The van der Waals surface area contributed by atoms with Crippen LogP contribution in [-0.4, -0.2) is 43.6 Å². The number of rotatable bonds is 9. The van der Waals surface area contributed by atoms with E-state index in [1.807, 2.05) is 19.1 Å². The highest BCUT2D eigenvalue weighted by molar-refractivity contribution is 14.0. The fourth-order valence-corrected chi connectivity index (χ4v) is 3.49. The summed E-state index contributed by atoms with van der Waals surface area (Å²) in [5.74, 6) is 1.69. The van der Waals surface area contributed by atoms with Gasteiger partial charge in [-0.1, -0.05) is 18.2 Å². The molecule has 0 spiro atoms. The third kappa shape index (κ3) is 7.12. The minimum absolute atomic E-state index is 0. The molecule has 1 saturated heterocycles. The second kappa shape index (κ2) is 12.7. The number of alkyl halides is 2. The van der Waals surface area contributed by atoms with Gasteiger partial charge in [-0.3, -0.25) is 4.90 Å². The number of furan rings is 1.